The first-order chi connectivity index (χ1) is 8.33. The van der Waals surface area contributed by atoms with Crippen molar-refractivity contribution in [1.82, 2.24) is 9.88 Å². The molecule has 1 aliphatic heterocycles. The van der Waals surface area contributed by atoms with Gasteiger partial charge in [0, 0.05) is 32.0 Å². The molecule has 0 aliphatic carbocycles. The van der Waals surface area contributed by atoms with Crippen LogP contribution in [0.25, 0.3) is 0 Å². The van der Waals surface area contributed by atoms with Crippen molar-refractivity contribution >= 4 is 11.6 Å². The minimum Gasteiger partial charge on any atom is -0.385 e. The van der Waals surface area contributed by atoms with Crippen LogP contribution in [0.3, 0.4) is 0 Å². The summed E-state index contributed by atoms with van der Waals surface area (Å²) in [5.74, 6) is 0.105. The molecule has 1 aliphatic rings. The minimum atomic E-state index is 0.105. The van der Waals surface area contributed by atoms with Gasteiger partial charge < -0.3 is 10.2 Å². The van der Waals surface area contributed by atoms with E-state index in [1.807, 2.05) is 17.9 Å². The quantitative estimate of drug-likeness (QED) is 0.870. The fourth-order valence-electron chi connectivity index (χ4n) is 2.18. The van der Waals surface area contributed by atoms with Gasteiger partial charge in [-0.1, -0.05) is 0 Å². The number of piperidine rings is 1. The highest BCUT2D eigenvalue weighted by Crippen LogP contribution is 2.18. The first kappa shape index (κ1) is 11.9. The summed E-state index contributed by atoms with van der Waals surface area (Å²) in [7, 11) is 0. The Balaban J connectivity index is 2.17. The maximum Gasteiger partial charge on any atom is 0.257 e. The summed E-state index contributed by atoms with van der Waals surface area (Å²) in [5.41, 5.74) is 1.58. The van der Waals surface area contributed by atoms with Crippen LogP contribution in [0.2, 0.25) is 0 Å². The molecule has 2 heterocycles. The lowest BCUT2D eigenvalue weighted by molar-refractivity contribution is 0.0725. The Morgan fingerprint density at radius 2 is 2.18 bits per heavy atom. The molecular weight excluding hydrogens is 214 g/mol. The molecule has 0 atom stereocenters. The lowest BCUT2D eigenvalue weighted by Gasteiger charge is -2.27. The van der Waals surface area contributed by atoms with Gasteiger partial charge in [-0.05, 0) is 32.3 Å². The van der Waals surface area contributed by atoms with Gasteiger partial charge in [0.1, 0.15) is 0 Å². The zero-order valence-electron chi connectivity index (χ0n) is 10.3. The van der Waals surface area contributed by atoms with Crippen molar-refractivity contribution in [1.29, 1.82) is 0 Å². The average molecular weight is 233 g/mol. The molecular formula is C13H19N3O. The Kier molecular flexibility index (Phi) is 3.96. The monoisotopic (exact) mass is 233 g/mol. The fraction of sp³-hybridized carbons (Fsp3) is 0.538. The fourth-order valence-corrected chi connectivity index (χ4v) is 2.18. The second-order valence-corrected chi connectivity index (χ2v) is 4.30. The Bertz CT molecular complexity index is 386. The maximum atomic E-state index is 12.3. The van der Waals surface area contributed by atoms with Crippen molar-refractivity contribution in [2.45, 2.75) is 26.2 Å². The Morgan fingerprint density at radius 1 is 1.41 bits per heavy atom. The third-order valence-corrected chi connectivity index (χ3v) is 3.06. The summed E-state index contributed by atoms with van der Waals surface area (Å²) < 4.78 is 0. The Hall–Kier alpha value is -1.58. The molecule has 4 heteroatoms. The number of rotatable bonds is 3. The van der Waals surface area contributed by atoms with E-state index < -0.39 is 0 Å². The van der Waals surface area contributed by atoms with Gasteiger partial charge in [-0.3, -0.25) is 9.78 Å². The molecule has 0 radical (unpaired) electrons. The minimum absolute atomic E-state index is 0.105. The zero-order chi connectivity index (χ0) is 12.1. The van der Waals surface area contributed by atoms with Gasteiger partial charge in [0.25, 0.3) is 5.91 Å². The molecule has 0 spiro atoms. The van der Waals surface area contributed by atoms with Crippen molar-refractivity contribution in [3.05, 3.63) is 24.0 Å². The highest BCUT2D eigenvalue weighted by molar-refractivity contribution is 5.99. The lowest BCUT2D eigenvalue weighted by Crippen LogP contribution is -2.36. The van der Waals surface area contributed by atoms with E-state index in [9.17, 15) is 4.79 Å². The Labute approximate surface area is 102 Å². The van der Waals surface area contributed by atoms with Gasteiger partial charge in [0.15, 0.2) is 0 Å². The summed E-state index contributed by atoms with van der Waals surface area (Å²) >= 11 is 0. The van der Waals surface area contributed by atoms with E-state index in [1.54, 1.807) is 12.4 Å². The number of hydrogen-bond acceptors (Lipinski definition) is 3. The molecule has 1 aromatic rings. The number of likely N-dealkylation sites (tertiary alicyclic amines) is 1. The summed E-state index contributed by atoms with van der Waals surface area (Å²) in [6, 6.07) is 1.86. The third-order valence-electron chi connectivity index (χ3n) is 3.06. The number of carbonyl (C=O) groups excluding carboxylic acids is 1. The summed E-state index contributed by atoms with van der Waals surface area (Å²) in [4.78, 5) is 18.3. The molecule has 2 rings (SSSR count). The summed E-state index contributed by atoms with van der Waals surface area (Å²) in [6.07, 6.45) is 6.84. The first-order valence-electron chi connectivity index (χ1n) is 6.30. The van der Waals surface area contributed by atoms with Gasteiger partial charge in [0.05, 0.1) is 11.3 Å². The molecule has 1 amide bonds. The van der Waals surface area contributed by atoms with E-state index in [1.165, 1.54) is 6.42 Å². The number of pyridine rings is 1. The van der Waals surface area contributed by atoms with Gasteiger partial charge in [-0.2, -0.15) is 0 Å². The molecule has 1 fully saturated rings. The van der Waals surface area contributed by atoms with Crippen LogP contribution < -0.4 is 5.32 Å². The van der Waals surface area contributed by atoms with Gasteiger partial charge in [0.2, 0.25) is 0 Å². The molecule has 0 saturated carbocycles. The number of anilines is 1. The van der Waals surface area contributed by atoms with E-state index >= 15 is 0 Å². The number of nitrogens with zero attached hydrogens (tertiary/aromatic N) is 2. The predicted octanol–water partition coefficient (Wildman–Crippen LogP) is 2.14. The molecule has 1 aromatic heterocycles. The van der Waals surface area contributed by atoms with Crippen molar-refractivity contribution in [3.8, 4) is 0 Å². The van der Waals surface area contributed by atoms with Gasteiger partial charge in [-0.25, -0.2) is 0 Å². The molecule has 0 unspecified atom stereocenters. The first-order valence-corrected chi connectivity index (χ1v) is 6.30. The molecule has 92 valence electrons. The zero-order valence-corrected chi connectivity index (χ0v) is 10.3. The van der Waals surface area contributed by atoms with Crippen LogP contribution in [0.5, 0.6) is 0 Å². The molecule has 17 heavy (non-hydrogen) atoms. The van der Waals surface area contributed by atoms with E-state index in [-0.39, 0.29) is 5.91 Å². The molecule has 1 N–H and O–H groups in total. The average Bonchev–Trinajstić information content (AvgIpc) is 2.40. The standard InChI is InChI=1S/C13H19N3O/c1-2-15-12-6-7-14-10-11(12)13(17)16-8-4-3-5-9-16/h6-7,10H,2-5,8-9H2,1H3,(H,14,15). The lowest BCUT2D eigenvalue weighted by atomic mass is 10.1. The number of hydrogen-bond donors (Lipinski definition) is 1. The predicted molar refractivity (Wildman–Crippen MR) is 68.2 cm³/mol. The van der Waals surface area contributed by atoms with Crippen LogP contribution >= 0.6 is 0 Å². The van der Waals surface area contributed by atoms with Crippen LogP contribution in [0.15, 0.2) is 18.5 Å². The van der Waals surface area contributed by atoms with E-state index in [0.29, 0.717) is 5.56 Å². The number of aromatic nitrogens is 1. The van der Waals surface area contributed by atoms with E-state index in [2.05, 4.69) is 10.3 Å². The highest BCUT2D eigenvalue weighted by Gasteiger charge is 2.20. The van der Waals surface area contributed by atoms with E-state index in [4.69, 9.17) is 0 Å². The topological polar surface area (TPSA) is 45.2 Å². The van der Waals surface area contributed by atoms with Crippen LogP contribution in [-0.4, -0.2) is 35.4 Å². The van der Waals surface area contributed by atoms with Crippen molar-refractivity contribution in [3.63, 3.8) is 0 Å². The second-order valence-electron chi connectivity index (χ2n) is 4.30. The van der Waals surface area contributed by atoms with E-state index in [0.717, 1.165) is 38.2 Å². The van der Waals surface area contributed by atoms with Gasteiger partial charge >= 0.3 is 0 Å². The normalized spacial score (nSPS) is 15.7. The van der Waals surface area contributed by atoms with Crippen molar-refractivity contribution in [2.24, 2.45) is 0 Å². The van der Waals surface area contributed by atoms with Gasteiger partial charge in [-0.15, -0.1) is 0 Å². The summed E-state index contributed by atoms with van der Waals surface area (Å²) in [5, 5.41) is 3.21. The molecule has 4 nitrogen and oxygen atoms in total. The highest BCUT2D eigenvalue weighted by atomic mass is 16.2. The van der Waals surface area contributed by atoms with Crippen LogP contribution in [0.4, 0.5) is 5.69 Å². The van der Waals surface area contributed by atoms with Crippen molar-refractivity contribution < 1.29 is 4.79 Å². The van der Waals surface area contributed by atoms with Crippen LogP contribution in [0.1, 0.15) is 36.5 Å². The second kappa shape index (κ2) is 5.66. The third kappa shape index (κ3) is 2.75. The van der Waals surface area contributed by atoms with Crippen molar-refractivity contribution in [2.75, 3.05) is 25.0 Å². The number of carbonyl (C=O) groups is 1. The Morgan fingerprint density at radius 3 is 2.88 bits per heavy atom. The molecule has 0 aromatic carbocycles. The largest absolute Gasteiger partial charge is 0.385 e. The number of nitrogens with one attached hydrogen (secondary N) is 1. The number of amides is 1. The van der Waals surface area contributed by atoms with Crippen LogP contribution in [0, 0.1) is 0 Å². The summed E-state index contributed by atoms with van der Waals surface area (Å²) in [6.45, 7) is 4.58. The maximum absolute atomic E-state index is 12.3. The molecule has 0 bridgehead atoms. The SMILES string of the molecule is CCNc1ccncc1C(=O)N1CCCCC1. The smallest absolute Gasteiger partial charge is 0.257 e. The molecule has 1 saturated heterocycles. The van der Waals surface area contributed by atoms with Crippen LogP contribution in [-0.2, 0) is 0 Å².